The van der Waals surface area contributed by atoms with E-state index >= 15 is 0 Å². The standard InChI is InChI=1S/C14H28/c1-10(2)12-8-7-11(3)9-13(12)14(4,5)6/h10-13H,7-9H2,1-6H3/t11-,12+,13?/m1/s1. The molecule has 1 aliphatic carbocycles. The maximum absolute atomic E-state index is 2.43. The molecule has 0 spiro atoms. The van der Waals surface area contributed by atoms with Crippen molar-refractivity contribution in [2.45, 2.75) is 60.8 Å². The molecule has 1 fully saturated rings. The van der Waals surface area contributed by atoms with Gasteiger partial charge in [-0.05, 0) is 41.9 Å². The fraction of sp³-hybridized carbons (Fsp3) is 1.00. The molecule has 14 heavy (non-hydrogen) atoms. The summed E-state index contributed by atoms with van der Waals surface area (Å²) in [6.45, 7) is 14.5. The average molecular weight is 196 g/mol. The smallest absolute Gasteiger partial charge is 0.0332 e. The van der Waals surface area contributed by atoms with Gasteiger partial charge in [-0.15, -0.1) is 0 Å². The normalized spacial score (nSPS) is 34.9. The Bertz CT molecular complexity index is 173. The average Bonchev–Trinajstić information content (AvgIpc) is 2.01. The van der Waals surface area contributed by atoms with Crippen LogP contribution in [0.15, 0.2) is 0 Å². The van der Waals surface area contributed by atoms with Crippen molar-refractivity contribution in [1.82, 2.24) is 0 Å². The molecule has 1 saturated carbocycles. The molecule has 0 bridgehead atoms. The predicted molar refractivity (Wildman–Crippen MR) is 64.3 cm³/mol. The van der Waals surface area contributed by atoms with Gasteiger partial charge in [-0.2, -0.15) is 0 Å². The van der Waals surface area contributed by atoms with Crippen molar-refractivity contribution in [3.63, 3.8) is 0 Å². The van der Waals surface area contributed by atoms with Crippen molar-refractivity contribution < 1.29 is 0 Å². The van der Waals surface area contributed by atoms with Crippen molar-refractivity contribution >= 4 is 0 Å². The SMILES string of the molecule is CC(C)[C@@H]1CC[C@@H](C)CC1C(C)(C)C. The Balaban J connectivity index is 2.74. The van der Waals surface area contributed by atoms with Crippen LogP contribution in [-0.2, 0) is 0 Å². The van der Waals surface area contributed by atoms with Gasteiger partial charge in [-0.25, -0.2) is 0 Å². The predicted octanol–water partition coefficient (Wildman–Crippen LogP) is 4.74. The van der Waals surface area contributed by atoms with Crippen LogP contribution in [0.1, 0.15) is 60.8 Å². The van der Waals surface area contributed by atoms with Crippen LogP contribution in [0.3, 0.4) is 0 Å². The fourth-order valence-corrected chi connectivity index (χ4v) is 3.20. The molecule has 84 valence electrons. The van der Waals surface area contributed by atoms with Gasteiger partial charge in [0, 0.05) is 0 Å². The van der Waals surface area contributed by atoms with E-state index in [-0.39, 0.29) is 0 Å². The second kappa shape index (κ2) is 4.24. The summed E-state index contributed by atoms with van der Waals surface area (Å²) in [5.74, 6) is 3.72. The lowest BCUT2D eigenvalue weighted by Gasteiger charge is -2.44. The molecule has 0 saturated heterocycles. The molecule has 3 atom stereocenters. The van der Waals surface area contributed by atoms with Crippen LogP contribution in [0, 0.1) is 29.1 Å². The summed E-state index contributed by atoms with van der Waals surface area (Å²) in [5, 5.41) is 0. The molecule has 1 rings (SSSR count). The Hall–Kier alpha value is 0. The molecule has 0 aromatic rings. The van der Waals surface area contributed by atoms with Crippen molar-refractivity contribution in [1.29, 1.82) is 0 Å². The van der Waals surface area contributed by atoms with E-state index in [0.717, 1.165) is 23.7 Å². The highest BCUT2D eigenvalue weighted by Crippen LogP contribution is 2.46. The van der Waals surface area contributed by atoms with Crippen molar-refractivity contribution in [3.05, 3.63) is 0 Å². The van der Waals surface area contributed by atoms with Crippen LogP contribution in [0.2, 0.25) is 0 Å². The Morgan fingerprint density at radius 1 is 1.07 bits per heavy atom. The second-order valence-electron chi connectivity index (χ2n) is 6.80. The molecule has 0 aromatic carbocycles. The van der Waals surface area contributed by atoms with Gasteiger partial charge in [0.25, 0.3) is 0 Å². The Kier molecular flexibility index (Phi) is 3.66. The summed E-state index contributed by atoms with van der Waals surface area (Å²) in [6, 6.07) is 0. The summed E-state index contributed by atoms with van der Waals surface area (Å²) >= 11 is 0. The van der Waals surface area contributed by atoms with Crippen LogP contribution in [0.25, 0.3) is 0 Å². The topological polar surface area (TPSA) is 0 Å². The van der Waals surface area contributed by atoms with Gasteiger partial charge in [0.1, 0.15) is 0 Å². The maximum Gasteiger partial charge on any atom is -0.0332 e. The van der Waals surface area contributed by atoms with Crippen molar-refractivity contribution in [3.8, 4) is 0 Å². The largest absolute Gasteiger partial charge is 0.0625 e. The van der Waals surface area contributed by atoms with E-state index in [0.29, 0.717) is 5.41 Å². The fourth-order valence-electron chi connectivity index (χ4n) is 3.20. The maximum atomic E-state index is 2.43. The second-order valence-corrected chi connectivity index (χ2v) is 6.80. The molecule has 0 aliphatic heterocycles. The summed E-state index contributed by atoms with van der Waals surface area (Å²) in [5.41, 5.74) is 0.504. The van der Waals surface area contributed by atoms with Crippen molar-refractivity contribution in [2.75, 3.05) is 0 Å². The van der Waals surface area contributed by atoms with E-state index in [1.807, 2.05) is 0 Å². The van der Waals surface area contributed by atoms with Gasteiger partial charge in [-0.1, -0.05) is 48.0 Å². The van der Waals surface area contributed by atoms with E-state index in [1.165, 1.54) is 19.3 Å². The lowest BCUT2D eigenvalue weighted by molar-refractivity contribution is 0.0538. The third-order valence-corrected chi connectivity index (χ3v) is 4.13. The molecule has 0 aromatic heterocycles. The third kappa shape index (κ3) is 2.74. The highest BCUT2D eigenvalue weighted by Gasteiger charge is 2.37. The Morgan fingerprint density at radius 2 is 1.64 bits per heavy atom. The van der Waals surface area contributed by atoms with Gasteiger partial charge >= 0.3 is 0 Å². The quantitative estimate of drug-likeness (QED) is 0.568. The highest BCUT2D eigenvalue weighted by molar-refractivity contribution is 4.87. The summed E-state index contributed by atoms with van der Waals surface area (Å²) < 4.78 is 0. The first-order valence-corrected chi connectivity index (χ1v) is 6.32. The van der Waals surface area contributed by atoms with E-state index in [2.05, 4.69) is 41.5 Å². The van der Waals surface area contributed by atoms with Crippen LogP contribution in [0.4, 0.5) is 0 Å². The molecule has 0 nitrogen and oxygen atoms in total. The zero-order valence-corrected chi connectivity index (χ0v) is 10.9. The van der Waals surface area contributed by atoms with Gasteiger partial charge in [0.2, 0.25) is 0 Å². The lowest BCUT2D eigenvalue weighted by atomic mass is 9.61. The zero-order chi connectivity index (χ0) is 10.9. The molecule has 0 heterocycles. The molecular weight excluding hydrogens is 168 g/mol. The summed E-state index contributed by atoms with van der Waals surface area (Å²) in [6.07, 6.45) is 4.36. The molecular formula is C14H28. The minimum atomic E-state index is 0.504. The first kappa shape index (κ1) is 12.1. The van der Waals surface area contributed by atoms with Crippen LogP contribution >= 0.6 is 0 Å². The molecule has 0 amide bonds. The van der Waals surface area contributed by atoms with Gasteiger partial charge in [0.05, 0.1) is 0 Å². The summed E-state index contributed by atoms with van der Waals surface area (Å²) in [4.78, 5) is 0. The Labute approximate surface area is 90.5 Å². The van der Waals surface area contributed by atoms with Crippen LogP contribution in [0.5, 0.6) is 0 Å². The van der Waals surface area contributed by atoms with Crippen LogP contribution in [-0.4, -0.2) is 0 Å². The summed E-state index contributed by atoms with van der Waals surface area (Å²) in [7, 11) is 0. The number of hydrogen-bond donors (Lipinski definition) is 0. The van der Waals surface area contributed by atoms with Gasteiger partial charge in [0.15, 0.2) is 0 Å². The number of rotatable bonds is 1. The zero-order valence-electron chi connectivity index (χ0n) is 10.9. The number of hydrogen-bond acceptors (Lipinski definition) is 0. The molecule has 0 N–H and O–H groups in total. The van der Waals surface area contributed by atoms with Gasteiger partial charge in [-0.3, -0.25) is 0 Å². The molecule has 1 aliphatic rings. The first-order valence-electron chi connectivity index (χ1n) is 6.32. The van der Waals surface area contributed by atoms with E-state index < -0.39 is 0 Å². The highest BCUT2D eigenvalue weighted by atomic mass is 14.4. The molecule has 0 heteroatoms. The first-order chi connectivity index (χ1) is 6.32. The van der Waals surface area contributed by atoms with Crippen LogP contribution < -0.4 is 0 Å². The minimum absolute atomic E-state index is 0.504. The third-order valence-electron chi connectivity index (χ3n) is 4.13. The van der Waals surface area contributed by atoms with E-state index in [9.17, 15) is 0 Å². The van der Waals surface area contributed by atoms with E-state index in [1.54, 1.807) is 0 Å². The Morgan fingerprint density at radius 3 is 2.07 bits per heavy atom. The molecule has 1 unspecified atom stereocenters. The van der Waals surface area contributed by atoms with Gasteiger partial charge < -0.3 is 0 Å². The monoisotopic (exact) mass is 196 g/mol. The minimum Gasteiger partial charge on any atom is -0.0625 e. The van der Waals surface area contributed by atoms with Crippen molar-refractivity contribution in [2.24, 2.45) is 29.1 Å². The molecule has 0 radical (unpaired) electrons. The lowest BCUT2D eigenvalue weighted by Crippen LogP contribution is -2.36. The van der Waals surface area contributed by atoms with E-state index in [4.69, 9.17) is 0 Å².